The molecule has 0 bridgehead atoms. The zero-order valence-corrected chi connectivity index (χ0v) is 10.6. The molecule has 9 heteroatoms. The number of carbonyl (C=O) groups excluding carboxylic acids is 1. The number of nitrogens with zero attached hydrogens (tertiary/aromatic N) is 1. The van der Waals surface area contributed by atoms with E-state index < -0.39 is 51.0 Å². The van der Waals surface area contributed by atoms with Gasteiger partial charge in [0.15, 0.2) is 0 Å². The highest BCUT2D eigenvalue weighted by atomic mass is 19.1. The van der Waals surface area contributed by atoms with Crippen molar-refractivity contribution >= 4 is 17.3 Å². The summed E-state index contributed by atoms with van der Waals surface area (Å²) in [7, 11) is 0. The van der Waals surface area contributed by atoms with Crippen LogP contribution in [0.25, 0.3) is 0 Å². The number of hydrogen-bond donors (Lipinski definition) is 1. The molecule has 5 nitrogen and oxygen atoms in total. The lowest BCUT2D eigenvalue weighted by atomic mass is 10.2. The molecule has 0 spiro atoms. The van der Waals surface area contributed by atoms with Gasteiger partial charge >= 0.3 is 5.69 Å². The van der Waals surface area contributed by atoms with Crippen molar-refractivity contribution < 1.29 is 27.3 Å². The lowest BCUT2D eigenvalue weighted by Crippen LogP contribution is -2.14. The van der Waals surface area contributed by atoms with E-state index in [1.165, 1.54) is 0 Å². The molecule has 114 valence electrons. The summed E-state index contributed by atoms with van der Waals surface area (Å²) in [5, 5.41) is 12.4. The first-order valence-corrected chi connectivity index (χ1v) is 5.69. The highest BCUT2D eigenvalue weighted by molar-refractivity contribution is 6.04. The number of hydrogen-bond acceptors (Lipinski definition) is 3. The summed E-state index contributed by atoms with van der Waals surface area (Å²) in [6.45, 7) is 0. The zero-order chi connectivity index (χ0) is 16.4. The van der Waals surface area contributed by atoms with E-state index in [0.29, 0.717) is 24.3 Å². The SMILES string of the molecule is O=C(Nc1cc([N+](=O)[O-])c(F)cc1F)c1cc(F)cc(F)c1. The molecule has 0 heterocycles. The van der Waals surface area contributed by atoms with Crippen molar-refractivity contribution in [1.82, 2.24) is 0 Å². The average molecular weight is 314 g/mol. The van der Waals surface area contributed by atoms with Crippen LogP contribution in [-0.2, 0) is 0 Å². The van der Waals surface area contributed by atoms with E-state index in [0.717, 1.165) is 0 Å². The first kappa shape index (κ1) is 15.4. The Labute approximate surface area is 120 Å². The minimum absolute atomic E-state index is 0.222. The molecule has 0 atom stereocenters. The van der Waals surface area contributed by atoms with Crippen LogP contribution < -0.4 is 5.32 Å². The van der Waals surface area contributed by atoms with E-state index in [2.05, 4.69) is 0 Å². The third-order valence-corrected chi connectivity index (χ3v) is 2.61. The third-order valence-electron chi connectivity index (χ3n) is 2.61. The number of benzene rings is 2. The van der Waals surface area contributed by atoms with Crippen LogP contribution in [0.5, 0.6) is 0 Å². The van der Waals surface area contributed by atoms with Crippen LogP contribution >= 0.6 is 0 Å². The smallest absolute Gasteiger partial charge is 0.307 e. The van der Waals surface area contributed by atoms with Crippen molar-refractivity contribution in [2.24, 2.45) is 0 Å². The Kier molecular flexibility index (Phi) is 4.06. The Morgan fingerprint density at radius 1 is 0.955 bits per heavy atom. The lowest BCUT2D eigenvalue weighted by Gasteiger charge is -2.07. The summed E-state index contributed by atoms with van der Waals surface area (Å²) < 4.78 is 52.6. The van der Waals surface area contributed by atoms with Gasteiger partial charge in [-0.2, -0.15) is 4.39 Å². The number of rotatable bonds is 3. The summed E-state index contributed by atoms with van der Waals surface area (Å²) in [6, 6.07) is 2.60. The van der Waals surface area contributed by atoms with Gasteiger partial charge in [0.1, 0.15) is 17.5 Å². The van der Waals surface area contributed by atoms with Crippen LogP contribution in [-0.4, -0.2) is 10.8 Å². The zero-order valence-electron chi connectivity index (χ0n) is 10.6. The largest absolute Gasteiger partial charge is 0.319 e. The van der Waals surface area contributed by atoms with Gasteiger partial charge in [0.25, 0.3) is 5.91 Å². The van der Waals surface area contributed by atoms with E-state index in [1.54, 1.807) is 0 Å². The number of halogens is 4. The number of carbonyl (C=O) groups is 1. The van der Waals surface area contributed by atoms with Crippen molar-refractivity contribution in [3.05, 3.63) is 69.3 Å². The molecule has 0 radical (unpaired) electrons. The summed E-state index contributed by atoms with van der Waals surface area (Å²) in [5.74, 6) is -5.87. The first-order valence-electron chi connectivity index (χ1n) is 5.69. The summed E-state index contributed by atoms with van der Waals surface area (Å²) in [5.41, 5.74) is -2.21. The molecule has 22 heavy (non-hydrogen) atoms. The molecule has 0 aliphatic carbocycles. The van der Waals surface area contributed by atoms with Crippen LogP contribution in [0.3, 0.4) is 0 Å². The number of nitro benzene ring substituents is 1. The Hall–Kier alpha value is -2.97. The van der Waals surface area contributed by atoms with Gasteiger partial charge in [-0.15, -0.1) is 0 Å². The van der Waals surface area contributed by atoms with Crippen molar-refractivity contribution in [3.8, 4) is 0 Å². The number of nitro groups is 1. The lowest BCUT2D eigenvalue weighted by molar-refractivity contribution is -0.387. The number of anilines is 1. The predicted molar refractivity (Wildman–Crippen MR) is 67.3 cm³/mol. The highest BCUT2D eigenvalue weighted by Crippen LogP contribution is 2.25. The fourth-order valence-corrected chi connectivity index (χ4v) is 1.65. The standard InChI is InChI=1S/C13H6F4N2O3/c14-7-1-6(2-8(15)3-7)13(20)18-11-5-12(19(21)22)10(17)4-9(11)16/h1-5H,(H,18,20). The van der Waals surface area contributed by atoms with E-state index >= 15 is 0 Å². The predicted octanol–water partition coefficient (Wildman–Crippen LogP) is 3.40. The van der Waals surface area contributed by atoms with Gasteiger partial charge in [-0.25, -0.2) is 13.2 Å². The highest BCUT2D eigenvalue weighted by Gasteiger charge is 2.20. The Morgan fingerprint density at radius 2 is 1.55 bits per heavy atom. The minimum atomic E-state index is -1.42. The topological polar surface area (TPSA) is 72.2 Å². The van der Waals surface area contributed by atoms with Gasteiger partial charge in [-0.3, -0.25) is 14.9 Å². The molecule has 2 aromatic carbocycles. The molecule has 0 aromatic heterocycles. The molecule has 0 aliphatic rings. The van der Waals surface area contributed by atoms with Crippen LogP contribution in [0.1, 0.15) is 10.4 Å². The normalized spacial score (nSPS) is 10.4. The molecule has 2 aromatic rings. The molecule has 2 rings (SSSR count). The van der Waals surface area contributed by atoms with Gasteiger partial charge in [-0.1, -0.05) is 0 Å². The molecule has 0 saturated carbocycles. The summed E-state index contributed by atoms with van der Waals surface area (Å²) >= 11 is 0. The summed E-state index contributed by atoms with van der Waals surface area (Å²) in [6.07, 6.45) is 0. The average Bonchev–Trinajstić information content (AvgIpc) is 2.40. The van der Waals surface area contributed by atoms with Gasteiger partial charge in [0.2, 0.25) is 5.82 Å². The second kappa shape index (κ2) is 5.80. The third kappa shape index (κ3) is 3.19. The van der Waals surface area contributed by atoms with Crippen LogP contribution in [0.15, 0.2) is 30.3 Å². The Bertz CT molecular complexity index is 760. The molecule has 0 aliphatic heterocycles. The van der Waals surface area contributed by atoms with Crippen molar-refractivity contribution in [2.75, 3.05) is 5.32 Å². The maximum absolute atomic E-state index is 13.5. The van der Waals surface area contributed by atoms with Gasteiger partial charge in [0, 0.05) is 23.8 Å². The fourth-order valence-electron chi connectivity index (χ4n) is 1.65. The molecule has 1 amide bonds. The monoisotopic (exact) mass is 314 g/mol. The Balaban J connectivity index is 2.36. The molecule has 1 N–H and O–H groups in total. The quantitative estimate of drug-likeness (QED) is 0.536. The molecular formula is C13H6F4N2O3. The van der Waals surface area contributed by atoms with Gasteiger partial charge in [0.05, 0.1) is 10.6 Å². The van der Waals surface area contributed by atoms with E-state index in [-0.39, 0.29) is 6.07 Å². The van der Waals surface area contributed by atoms with Crippen molar-refractivity contribution in [2.45, 2.75) is 0 Å². The second-order valence-electron chi connectivity index (χ2n) is 4.15. The van der Waals surface area contributed by atoms with Crippen LogP contribution in [0.2, 0.25) is 0 Å². The first-order chi connectivity index (χ1) is 10.3. The number of amides is 1. The number of nitrogens with one attached hydrogen (secondary N) is 1. The van der Waals surface area contributed by atoms with E-state index in [1.807, 2.05) is 5.32 Å². The molecule has 0 saturated heterocycles. The van der Waals surface area contributed by atoms with Crippen molar-refractivity contribution in [1.29, 1.82) is 0 Å². The second-order valence-corrected chi connectivity index (χ2v) is 4.15. The van der Waals surface area contributed by atoms with Gasteiger partial charge < -0.3 is 5.32 Å². The molecule has 0 unspecified atom stereocenters. The maximum atomic E-state index is 13.5. The molecular weight excluding hydrogens is 308 g/mol. The summed E-state index contributed by atoms with van der Waals surface area (Å²) in [4.78, 5) is 21.2. The van der Waals surface area contributed by atoms with Crippen molar-refractivity contribution in [3.63, 3.8) is 0 Å². The fraction of sp³-hybridized carbons (Fsp3) is 0. The van der Waals surface area contributed by atoms with Gasteiger partial charge in [-0.05, 0) is 12.1 Å². The van der Waals surface area contributed by atoms with Crippen LogP contribution in [0.4, 0.5) is 28.9 Å². The minimum Gasteiger partial charge on any atom is -0.319 e. The van der Waals surface area contributed by atoms with Crippen LogP contribution in [0, 0.1) is 33.4 Å². The molecule has 0 fully saturated rings. The van der Waals surface area contributed by atoms with E-state index in [4.69, 9.17) is 0 Å². The maximum Gasteiger partial charge on any atom is 0.307 e. The van der Waals surface area contributed by atoms with E-state index in [9.17, 15) is 32.5 Å². The Morgan fingerprint density at radius 3 is 2.09 bits per heavy atom.